The molecule has 1 rings (SSSR count). The number of hydrogen-bond acceptors (Lipinski definition) is 3. The second kappa shape index (κ2) is 6.64. The lowest BCUT2D eigenvalue weighted by Gasteiger charge is -2.12. The van der Waals surface area contributed by atoms with Gasteiger partial charge in [0, 0.05) is 6.54 Å². The van der Waals surface area contributed by atoms with E-state index in [0.717, 1.165) is 12.0 Å². The smallest absolute Gasteiger partial charge is 0.230 e. The zero-order valence-electron chi connectivity index (χ0n) is 10.7. The fourth-order valence-electron chi connectivity index (χ4n) is 1.63. The Balaban J connectivity index is 2.63. The van der Waals surface area contributed by atoms with Crippen molar-refractivity contribution >= 4 is 11.7 Å². The summed E-state index contributed by atoms with van der Waals surface area (Å²) in [6, 6.07) is 7.93. The summed E-state index contributed by atoms with van der Waals surface area (Å²) in [5, 5.41) is 14.1. The third kappa shape index (κ3) is 3.48. The molecule has 0 aliphatic carbocycles. The molecule has 0 aromatic heterocycles. The topological polar surface area (TPSA) is 87.7 Å². The van der Waals surface area contributed by atoms with Crippen molar-refractivity contribution in [3.8, 4) is 0 Å². The van der Waals surface area contributed by atoms with E-state index in [1.165, 1.54) is 5.56 Å². The molecular weight excluding hydrogens is 230 g/mol. The number of oxime groups is 1. The Morgan fingerprint density at radius 1 is 1.44 bits per heavy atom. The van der Waals surface area contributed by atoms with Gasteiger partial charge in [-0.3, -0.25) is 4.79 Å². The normalized spacial score (nSPS) is 13.1. The van der Waals surface area contributed by atoms with Crippen LogP contribution < -0.4 is 11.1 Å². The number of nitrogens with zero attached hydrogens (tertiary/aromatic N) is 1. The molecule has 1 aromatic rings. The zero-order valence-corrected chi connectivity index (χ0v) is 10.7. The summed E-state index contributed by atoms with van der Waals surface area (Å²) in [7, 11) is 0. The number of aryl methyl sites for hydroxylation is 1. The maximum absolute atomic E-state index is 11.7. The maximum atomic E-state index is 11.7. The number of carbonyl (C=O) groups excluding carboxylic acids is 1. The second-order valence-corrected chi connectivity index (χ2v) is 4.09. The maximum Gasteiger partial charge on any atom is 0.230 e. The van der Waals surface area contributed by atoms with Gasteiger partial charge in [-0.05, 0) is 24.5 Å². The Hall–Kier alpha value is -2.04. The van der Waals surface area contributed by atoms with Crippen LogP contribution in [0.25, 0.3) is 0 Å². The third-order valence-corrected chi connectivity index (χ3v) is 2.90. The largest absolute Gasteiger partial charge is 0.409 e. The molecule has 1 aromatic carbocycles. The van der Waals surface area contributed by atoms with Gasteiger partial charge < -0.3 is 16.3 Å². The zero-order chi connectivity index (χ0) is 13.5. The Morgan fingerprint density at radius 2 is 2.06 bits per heavy atom. The summed E-state index contributed by atoms with van der Waals surface area (Å²) in [4.78, 5) is 11.7. The summed E-state index contributed by atoms with van der Waals surface area (Å²) in [5.41, 5.74) is 7.67. The third-order valence-electron chi connectivity index (χ3n) is 2.90. The van der Waals surface area contributed by atoms with E-state index in [9.17, 15) is 4.79 Å². The van der Waals surface area contributed by atoms with Crippen molar-refractivity contribution in [1.82, 2.24) is 5.32 Å². The van der Waals surface area contributed by atoms with Crippen molar-refractivity contribution in [1.29, 1.82) is 0 Å². The van der Waals surface area contributed by atoms with Gasteiger partial charge in [0.05, 0.1) is 5.92 Å². The molecule has 5 nitrogen and oxygen atoms in total. The van der Waals surface area contributed by atoms with Gasteiger partial charge in [0.1, 0.15) is 0 Å². The van der Waals surface area contributed by atoms with Crippen LogP contribution in [-0.4, -0.2) is 17.0 Å². The quantitative estimate of drug-likeness (QED) is 0.317. The first-order valence-corrected chi connectivity index (χ1v) is 5.92. The van der Waals surface area contributed by atoms with Gasteiger partial charge in [-0.2, -0.15) is 0 Å². The van der Waals surface area contributed by atoms with Crippen LogP contribution >= 0.6 is 0 Å². The molecule has 0 heterocycles. The minimum absolute atomic E-state index is 0.0868. The van der Waals surface area contributed by atoms with E-state index in [0.29, 0.717) is 6.54 Å². The van der Waals surface area contributed by atoms with Crippen molar-refractivity contribution in [3.05, 3.63) is 35.4 Å². The summed E-state index contributed by atoms with van der Waals surface area (Å²) in [6.45, 7) is 4.11. The van der Waals surface area contributed by atoms with Gasteiger partial charge >= 0.3 is 0 Å². The van der Waals surface area contributed by atoms with Crippen molar-refractivity contribution in [2.45, 2.75) is 26.8 Å². The Kier molecular flexibility index (Phi) is 5.17. The molecule has 1 unspecified atom stereocenters. The van der Waals surface area contributed by atoms with E-state index in [1.54, 1.807) is 6.92 Å². The van der Waals surface area contributed by atoms with Gasteiger partial charge in [-0.25, -0.2) is 0 Å². The van der Waals surface area contributed by atoms with Crippen molar-refractivity contribution in [3.63, 3.8) is 0 Å². The summed E-state index contributed by atoms with van der Waals surface area (Å²) >= 11 is 0. The summed E-state index contributed by atoms with van der Waals surface area (Å²) in [6.07, 6.45) is 0.918. The molecule has 0 aliphatic rings. The van der Waals surface area contributed by atoms with Gasteiger partial charge in [0.15, 0.2) is 5.84 Å². The van der Waals surface area contributed by atoms with E-state index in [2.05, 4.69) is 17.4 Å². The Morgan fingerprint density at radius 3 is 2.61 bits per heavy atom. The molecule has 4 N–H and O–H groups in total. The molecule has 0 bridgehead atoms. The molecule has 0 fully saturated rings. The first-order chi connectivity index (χ1) is 8.60. The molecule has 18 heavy (non-hydrogen) atoms. The summed E-state index contributed by atoms with van der Waals surface area (Å²) < 4.78 is 0. The molecule has 0 radical (unpaired) electrons. The molecule has 0 aliphatic heterocycles. The molecule has 5 heteroatoms. The van der Waals surface area contributed by atoms with Crippen LogP contribution in [-0.2, 0) is 17.8 Å². The van der Waals surface area contributed by atoms with Crippen LogP contribution in [0, 0.1) is 5.92 Å². The Bertz CT molecular complexity index is 444. The fraction of sp³-hybridized carbons (Fsp3) is 0.385. The first-order valence-electron chi connectivity index (χ1n) is 5.92. The monoisotopic (exact) mass is 249 g/mol. The molecule has 98 valence electrons. The number of carbonyl (C=O) groups is 1. The molecule has 1 atom stereocenters. The molecule has 1 amide bonds. The van der Waals surface area contributed by atoms with Gasteiger partial charge in [-0.15, -0.1) is 0 Å². The SMILES string of the molecule is CCc1ccccc1CNC(=O)C(C)C(N)=NO. The van der Waals surface area contributed by atoms with Gasteiger partial charge in [0.25, 0.3) is 0 Å². The number of nitrogens with one attached hydrogen (secondary N) is 1. The van der Waals surface area contributed by atoms with Crippen LogP contribution in [0.2, 0.25) is 0 Å². The number of amidine groups is 1. The highest BCUT2D eigenvalue weighted by Gasteiger charge is 2.17. The molecule has 0 saturated carbocycles. The van der Waals surface area contributed by atoms with E-state index in [4.69, 9.17) is 10.9 Å². The minimum Gasteiger partial charge on any atom is -0.409 e. The number of nitrogens with two attached hydrogens (primary N) is 1. The average molecular weight is 249 g/mol. The number of hydrogen-bond donors (Lipinski definition) is 3. The lowest BCUT2D eigenvalue weighted by atomic mass is 10.0. The van der Waals surface area contributed by atoms with Crippen LogP contribution in [0.5, 0.6) is 0 Å². The molecule has 0 spiro atoms. The van der Waals surface area contributed by atoms with E-state index in [-0.39, 0.29) is 11.7 Å². The summed E-state index contributed by atoms with van der Waals surface area (Å²) in [5.74, 6) is -0.976. The number of benzene rings is 1. The highest BCUT2D eigenvalue weighted by molar-refractivity contribution is 6.01. The van der Waals surface area contributed by atoms with Crippen LogP contribution in [0.15, 0.2) is 29.4 Å². The average Bonchev–Trinajstić information content (AvgIpc) is 2.43. The standard InChI is InChI=1S/C13H19N3O2/c1-3-10-6-4-5-7-11(10)8-15-13(17)9(2)12(14)16-18/h4-7,9,18H,3,8H2,1-2H3,(H2,14,16)(H,15,17). The van der Waals surface area contributed by atoms with Crippen LogP contribution in [0.4, 0.5) is 0 Å². The number of rotatable bonds is 5. The van der Waals surface area contributed by atoms with Crippen molar-refractivity contribution in [2.75, 3.05) is 0 Å². The predicted molar refractivity (Wildman–Crippen MR) is 70.2 cm³/mol. The van der Waals surface area contributed by atoms with Gasteiger partial charge in [-0.1, -0.05) is 36.3 Å². The van der Waals surface area contributed by atoms with E-state index < -0.39 is 5.92 Å². The Labute approximate surface area is 107 Å². The minimum atomic E-state index is -0.635. The highest BCUT2D eigenvalue weighted by Crippen LogP contribution is 2.09. The van der Waals surface area contributed by atoms with Crippen LogP contribution in [0.3, 0.4) is 0 Å². The van der Waals surface area contributed by atoms with Crippen LogP contribution in [0.1, 0.15) is 25.0 Å². The lowest BCUT2D eigenvalue weighted by molar-refractivity contribution is -0.122. The number of amides is 1. The highest BCUT2D eigenvalue weighted by atomic mass is 16.4. The first kappa shape index (κ1) is 14.0. The molecular formula is C13H19N3O2. The second-order valence-electron chi connectivity index (χ2n) is 4.09. The molecule has 0 saturated heterocycles. The van der Waals surface area contributed by atoms with Crippen molar-refractivity contribution in [2.24, 2.45) is 16.8 Å². The van der Waals surface area contributed by atoms with Gasteiger partial charge in [0.2, 0.25) is 5.91 Å². The van der Waals surface area contributed by atoms with E-state index in [1.807, 2.05) is 24.3 Å². The lowest BCUT2D eigenvalue weighted by Crippen LogP contribution is -2.36. The van der Waals surface area contributed by atoms with Crippen molar-refractivity contribution < 1.29 is 10.0 Å². The fourth-order valence-corrected chi connectivity index (χ4v) is 1.63. The van der Waals surface area contributed by atoms with E-state index >= 15 is 0 Å². The predicted octanol–water partition coefficient (Wildman–Crippen LogP) is 1.25.